The molecule has 1 fully saturated rings. The summed E-state index contributed by atoms with van der Waals surface area (Å²) < 4.78 is 13.3. The Labute approximate surface area is 208 Å². The van der Waals surface area contributed by atoms with Crippen LogP contribution >= 0.6 is 23.4 Å². The van der Waals surface area contributed by atoms with Crippen LogP contribution in [0.25, 0.3) is 5.69 Å². The van der Waals surface area contributed by atoms with Crippen molar-refractivity contribution in [2.24, 2.45) is 0 Å². The minimum atomic E-state index is -0.0746. The van der Waals surface area contributed by atoms with E-state index in [4.69, 9.17) is 21.1 Å². The Morgan fingerprint density at radius 1 is 1.15 bits per heavy atom. The number of ether oxygens (including phenoxy) is 2. The van der Waals surface area contributed by atoms with Crippen LogP contribution in [-0.4, -0.2) is 46.2 Å². The third-order valence-corrected chi connectivity index (χ3v) is 7.97. The Hall–Kier alpha value is -2.71. The van der Waals surface area contributed by atoms with Gasteiger partial charge in [-0.3, -0.25) is 9.36 Å². The summed E-state index contributed by atoms with van der Waals surface area (Å²) in [7, 11) is 0. The highest BCUT2D eigenvalue weighted by atomic mass is 35.5. The number of nitrogens with zero attached hydrogens (tertiary/aromatic N) is 3. The zero-order valence-electron chi connectivity index (χ0n) is 19.1. The molecule has 1 saturated carbocycles. The van der Waals surface area contributed by atoms with Gasteiger partial charge in [0.1, 0.15) is 19.5 Å². The van der Waals surface area contributed by atoms with Crippen molar-refractivity contribution in [1.82, 2.24) is 20.1 Å². The maximum absolute atomic E-state index is 12.8. The van der Waals surface area contributed by atoms with E-state index in [0.29, 0.717) is 29.9 Å². The number of thioether (sulfide) groups is 1. The molecule has 3 aromatic rings. The molecule has 1 aliphatic heterocycles. The Bertz CT molecular complexity index is 1190. The Balaban J connectivity index is 1.23. The number of carbonyl (C=O) groups excluding carboxylic acids is 1. The number of carbonyl (C=O) groups is 1. The van der Waals surface area contributed by atoms with Gasteiger partial charge >= 0.3 is 0 Å². The number of aryl methyl sites for hydroxylation is 1. The van der Waals surface area contributed by atoms with Crippen molar-refractivity contribution < 1.29 is 14.3 Å². The molecule has 0 radical (unpaired) electrons. The maximum Gasteiger partial charge on any atom is 0.230 e. The van der Waals surface area contributed by atoms with E-state index in [1.54, 1.807) is 6.33 Å². The molecule has 1 aromatic heterocycles. The molecule has 5 rings (SSSR count). The summed E-state index contributed by atoms with van der Waals surface area (Å²) in [5.74, 6) is 1.83. The van der Waals surface area contributed by atoms with Crippen molar-refractivity contribution in [3.05, 3.63) is 58.9 Å². The topological polar surface area (TPSA) is 78.3 Å². The van der Waals surface area contributed by atoms with Crippen molar-refractivity contribution in [3.8, 4) is 17.2 Å². The van der Waals surface area contributed by atoms with Gasteiger partial charge in [-0.2, -0.15) is 0 Å². The largest absolute Gasteiger partial charge is 0.486 e. The van der Waals surface area contributed by atoms with Gasteiger partial charge in [0.2, 0.25) is 5.91 Å². The number of hydrogen-bond donors (Lipinski definition) is 1. The van der Waals surface area contributed by atoms with Crippen molar-refractivity contribution in [2.75, 3.05) is 25.5 Å². The fourth-order valence-corrected chi connectivity index (χ4v) is 5.61. The normalized spacial score (nSPS) is 16.4. The molecule has 1 N–H and O–H groups in total. The summed E-state index contributed by atoms with van der Waals surface area (Å²) in [5.41, 5.74) is 3.01. The smallest absolute Gasteiger partial charge is 0.230 e. The lowest BCUT2D eigenvalue weighted by molar-refractivity contribution is -0.118. The Morgan fingerprint density at radius 3 is 2.74 bits per heavy atom. The molecule has 0 bridgehead atoms. The van der Waals surface area contributed by atoms with Crippen LogP contribution in [0.4, 0.5) is 0 Å². The van der Waals surface area contributed by atoms with Gasteiger partial charge in [0.05, 0.1) is 11.4 Å². The Kier molecular flexibility index (Phi) is 6.70. The number of nitrogens with one attached hydrogen (secondary N) is 1. The van der Waals surface area contributed by atoms with Crippen LogP contribution in [0.15, 0.2) is 47.9 Å². The van der Waals surface area contributed by atoms with E-state index in [9.17, 15) is 4.79 Å². The maximum atomic E-state index is 12.8. The van der Waals surface area contributed by atoms with Gasteiger partial charge in [-0.15, -0.1) is 10.2 Å². The molecule has 2 aromatic carbocycles. The van der Waals surface area contributed by atoms with E-state index in [1.807, 2.05) is 35.8 Å². The Morgan fingerprint density at radius 2 is 1.94 bits per heavy atom. The molecule has 34 heavy (non-hydrogen) atoms. The molecule has 178 valence electrons. The summed E-state index contributed by atoms with van der Waals surface area (Å²) in [6.45, 7) is 3.71. The quantitative estimate of drug-likeness (QED) is 0.475. The highest BCUT2D eigenvalue weighted by Crippen LogP contribution is 2.43. The molecule has 0 saturated heterocycles. The van der Waals surface area contributed by atoms with Gasteiger partial charge in [0.15, 0.2) is 16.7 Å². The van der Waals surface area contributed by atoms with E-state index >= 15 is 0 Å². The fraction of sp³-hybridized carbons (Fsp3) is 0.400. The number of amides is 1. The second-order valence-corrected chi connectivity index (χ2v) is 10.2. The van der Waals surface area contributed by atoms with Gasteiger partial charge in [-0.05, 0) is 55.2 Å². The van der Waals surface area contributed by atoms with Gasteiger partial charge in [-0.1, -0.05) is 48.3 Å². The van der Waals surface area contributed by atoms with Crippen molar-refractivity contribution in [3.63, 3.8) is 0 Å². The highest BCUT2D eigenvalue weighted by molar-refractivity contribution is 7.99. The molecule has 0 unspecified atom stereocenters. The van der Waals surface area contributed by atoms with Crippen molar-refractivity contribution in [1.29, 1.82) is 0 Å². The van der Waals surface area contributed by atoms with Gasteiger partial charge < -0.3 is 14.8 Å². The zero-order valence-corrected chi connectivity index (χ0v) is 20.6. The average molecular weight is 499 g/mol. The molecule has 2 aliphatic rings. The first-order valence-electron chi connectivity index (χ1n) is 11.5. The number of aromatic nitrogens is 3. The predicted molar refractivity (Wildman–Crippen MR) is 132 cm³/mol. The van der Waals surface area contributed by atoms with Gasteiger partial charge in [-0.25, -0.2) is 0 Å². The lowest BCUT2D eigenvalue weighted by atomic mass is 9.78. The second kappa shape index (κ2) is 9.88. The van der Waals surface area contributed by atoms with Crippen molar-refractivity contribution in [2.45, 2.75) is 43.2 Å². The predicted octanol–water partition coefficient (Wildman–Crippen LogP) is 4.72. The lowest BCUT2D eigenvalue weighted by Gasteiger charge is -2.31. The molecule has 7 nitrogen and oxygen atoms in total. The molecule has 1 aliphatic carbocycles. The molecule has 2 heterocycles. The number of hydrogen-bond acceptors (Lipinski definition) is 6. The van der Waals surface area contributed by atoms with Crippen LogP contribution < -0.4 is 14.8 Å². The third-order valence-electron chi connectivity index (χ3n) is 6.62. The summed E-state index contributed by atoms with van der Waals surface area (Å²) in [5, 5.41) is 12.7. The highest BCUT2D eigenvalue weighted by Gasteiger charge is 2.36. The van der Waals surface area contributed by atoms with Gasteiger partial charge in [0.25, 0.3) is 0 Å². The van der Waals surface area contributed by atoms with Crippen LogP contribution in [-0.2, 0) is 10.2 Å². The standard InChI is InChI=1S/C25H27ClN4O3S/c1-17-4-6-19(13-20(17)26)30-16-28-29-24(30)34-14-23(31)27-15-25(8-2-3-9-25)18-5-7-21-22(12-18)33-11-10-32-21/h4-7,12-13,16H,2-3,8-11,14-15H2,1H3,(H,27,31). The second-order valence-electron chi connectivity index (χ2n) is 8.83. The van der Waals surface area contributed by atoms with E-state index < -0.39 is 0 Å². The van der Waals surface area contributed by atoms with E-state index in [0.717, 1.165) is 48.4 Å². The minimum Gasteiger partial charge on any atom is -0.486 e. The SMILES string of the molecule is Cc1ccc(-n2cnnc2SCC(=O)NCC2(c3ccc4c(c3)OCCO4)CCCC2)cc1Cl. The fourth-order valence-electron chi connectivity index (χ4n) is 4.67. The van der Waals surface area contributed by atoms with Crippen LogP contribution in [0.3, 0.4) is 0 Å². The van der Waals surface area contributed by atoms with Gasteiger partial charge in [0, 0.05) is 17.0 Å². The summed E-state index contributed by atoms with van der Waals surface area (Å²) in [6.07, 6.45) is 6.03. The van der Waals surface area contributed by atoms with Crippen LogP contribution in [0.1, 0.15) is 36.8 Å². The number of rotatable bonds is 7. The third kappa shape index (κ3) is 4.74. The summed E-state index contributed by atoms with van der Waals surface area (Å²) >= 11 is 7.64. The van der Waals surface area contributed by atoms with Crippen LogP contribution in [0.5, 0.6) is 11.5 Å². The van der Waals surface area contributed by atoms with Crippen LogP contribution in [0, 0.1) is 6.92 Å². The molecule has 0 atom stereocenters. The van der Waals surface area contributed by atoms with Crippen LogP contribution in [0.2, 0.25) is 5.02 Å². The first-order valence-corrected chi connectivity index (χ1v) is 12.9. The molecular weight excluding hydrogens is 472 g/mol. The number of benzene rings is 2. The number of fused-ring (bicyclic) bond motifs is 1. The summed E-state index contributed by atoms with van der Waals surface area (Å²) in [4.78, 5) is 12.8. The number of halogens is 1. The summed E-state index contributed by atoms with van der Waals surface area (Å²) in [6, 6.07) is 12.0. The average Bonchev–Trinajstić information content (AvgIpc) is 3.53. The van der Waals surface area contributed by atoms with E-state index in [1.165, 1.54) is 17.3 Å². The zero-order chi connectivity index (χ0) is 23.5. The monoisotopic (exact) mass is 498 g/mol. The molecular formula is C25H27ClN4O3S. The van der Waals surface area contributed by atoms with E-state index in [-0.39, 0.29) is 17.1 Å². The lowest BCUT2D eigenvalue weighted by Crippen LogP contribution is -2.39. The minimum absolute atomic E-state index is 0.0229. The first kappa shape index (κ1) is 23.1. The molecule has 9 heteroatoms. The van der Waals surface area contributed by atoms with Crippen molar-refractivity contribution >= 4 is 29.3 Å². The molecule has 1 amide bonds. The first-order chi connectivity index (χ1) is 16.5. The van der Waals surface area contributed by atoms with E-state index in [2.05, 4.69) is 27.6 Å². The molecule has 0 spiro atoms.